The molecule has 1 aromatic heterocycles. The molecule has 41 heavy (non-hydrogen) atoms. The van der Waals surface area contributed by atoms with Crippen LogP contribution in [0.25, 0.3) is 16.8 Å². The fraction of sp³-hybridized carbons (Fsp3) is 0.483. The van der Waals surface area contributed by atoms with E-state index >= 15 is 0 Å². The van der Waals surface area contributed by atoms with E-state index in [4.69, 9.17) is 14.7 Å². The summed E-state index contributed by atoms with van der Waals surface area (Å²) in [5, 5.41) is 15.6. The number of aliphatic hydroxyl groups is 1. The predicted molar refractivity (Wildman–Crippen MR) is 156 cm³/mol. The third-order valence-corrected chi connectivity index (χ3v) is 9.19. The van der Waals surface area contributed by atoms with Crippen molar-refractivity contribution in [1.82, 2.24) is 15.3 Å². The highest BCUT2D eigenvalue weighted by molar-refractivity contribution is 7.94. The second-order valence-corrected chi connectivity index (χ2v) is 13.1. The standard InChI is InChI=1S/C29H36FN5O5S/c1-17-13-20(30)14-22(27(17)41(3,38)39)25-15-24(32-28(33-25)35-11-12-40-16-18(35)2)19-7-9-21(10-8-19)31-29(37)34-23-5-4-6-26(23)36/h7-10,14-15,17-18,23,26,36H,4-6,11-13,16H2,1-3H3,(H2,31,34,37)/t17?,18-,23-,26-/m0/s1. The smallest absolute Gasteiger partial charge is 0.319 e. The lowest BCUT2D eigenvalue weighted by Gasteiger charge is -2.34. The molecule has 0 bridgehead atoms. The van der Waals surface area contributed by atoms with Gasteiger partial charge in [-0.25, -0.2) is 27.6 Å². The number of hydrogen-bond acceptors (Lipinski definition) is 8. The number of halogens is 1. The van der Waals surface area contributed by atoms with Gasteiger partial charge in [0, 0.05) is 36.0 Å². The lowest BCUT2D eigenvalue weighted by molar-refractivity contribution is 0.0981. The monoisotopic (exact) mass is 585 g/mol. The fourth-order valence-electron chi connectivity index (χ4n) is 5.74. The Hall–Kier alpha value is -3.35. The molecule has 10 nitrogen and oxygen atoms in total. The molecule has 1 aliphatic heterocycles. The van der Waals surface area contributed by atoms with E-state index in [2.05, 4.69) is 10.6 Å². The Morgan fingerprint density at radius 2 is 1.88 bits per heavy atom. The molecule has 3 aliphatic rings. The highest BCUT2D eigenvalue weighted by atomic mass is 32.2. The van der Waals surface area contributed by atoms with E-state index in [1.165, 1.54) is 6.08 Å². The zero-order chi connectivity index (χ0) is 29.3. The summed E-state index contributed by atoms with van der Waals surface area (Å²) in [5.41, 5.74) is 2.35. The number of aromatic nitrogens is 2. The molecular weight excluding hydrogens is 549 g/mol. The minimum absolute atomic E-state index is 0.0128. The molecule has 4 atom stereocenters. The summed E-state index contributed by atoms with van der Waals surface area (Å²) in [6.45, 7) is 5.23. The first-order valence-corrected chi connectivity index (χ1v) is 15.8. The molecule has 2 aromatic rings. The number of hydrogen-bond donors (Lipinski definition) is 3. The lowest BCUT2D eigenvalue weighted by Crippen LogP contribution is -2.44. The van der Waals surface area contributed by atoms with Crippen molar-refractivity contribution in [2.75, 3.05) is 36.2 Å². The molecule has 2 aliphatic carbocycles. The van der Waals surface area contributed by atoms with Crippen LogP contribution in [0, 0.1) is 5.92 Å². The van der Waals surface area contributed by atoms with Crippen LogP contribution in [-0.4, -0.2) is 73.7 Å². The van der Waals surface area contributed by atoms with Crippen LogP contribution < -0.4 is 15.5 Å². The lowest BCUT2D eigenvalue weighted by atomic mass is 9.94. The van der Waals surface area contributed by atoms with E-state index < -0.39 is 33.7 Å². The fourth-order valence-corrected chi connectivity index (χ4v) is 7.12. The summed E-state index contributed by atoms with van der Waals surface area (Å²) in [6.07, 6.45) is 4.17. The van der Waals surface area contributed by atoms with Gasteiger partial charge in [-0.3, -0.25) is 0 Å². The minimum Gasteiger partial charge on any atom is -0.391 e. The van der Waals surface area contributed by atoms with Gasteiger partial charge in [-0.15, -0.1) is 0 Å². The van der Waals surface area contributed by atoms with Gasteiger partial charge in [-0.2, -0.15) is 0 Å². The molecule has 1 unspecified atom stereocenters. The van der Waals surface area contributed by atoms with E-state index in [1.54, 1.807) is 37.3 Å². The SMILES string of the molecule is CC1CC(F)=CC(c2cc(-c3ccc(NC(=O)N[C@H]4CCC[C@@H]4O)cc3)nc(N3CCOC[C@@H]3C)n2)=C1S(C)(=O)=O. The number of nitrogens with one attached hydrogen (secondary N) is 2. The van der Waals surface area contributed by atoms with E-state index in [-0.39, 0.29) is 29.0 Å². The summed E-state index contributed by atoms with van der Waals surface area (Å²) in [5.74, 6) is -0.534. The number of urea groups is 1. The Morgan fingerprint density at radius 3 is 2.54 bits per heavy atom. The number of morpholine rings is 1. The zero-order valence-corrected chi connectivity index (χ0v) is 24.2. The molecule has 0 radical (unpaired) electrons. The quantitative estimate of drug-likeness (QED) is 0.462. The molecule has 1 saturated carbocycles. The maximum absolute atomic E-state index is 14.7. The first-order chi connectivity index (χ1) is 19.5. The van der Waals surface area contributed by atoms with Gasteiger partial charge in [0.25, 0.3) is 0 Å². The van der Waals surface area contributed by atoms with Crippen molar-refractivity contribution in [1.29, 1.82) is 0 Å². The third-order valence-electron chi connectivity index (χ3n) is 7.76. The molecule has 5 rings (SSSR count). The number of amides is 2. The molecule has 1 aromatic carbocycles. The Labute approximate surface area is 239 Å². The van der Waals surface area contributed by atoms with Gasteiger partial charge >= 0.3 is 6.03 Å². The van der Waals surface area contributed by atoms with Crippen molar-refractivity contribution in [3.63, 3.8) is 0 Å². The van der Waals surface area contributed by atoms with Crippen LogP contribution in [0.3, 0.4) is 0 Å². The summed E-state index contributed by atoms with van der Waals surface area (Å²) in [7, 11) is -3.64. The molecule has 12 heteroatoms. The highest BCUT2D eigenvalue weighted by Crippen LogP contribution is 2.39. The molecule has 1 saturated heterocycles. The maximum Gasteiger partial charge on any atom is 0.319 e. The van der Waals surface area contributed by atoms with Crippen molar-refractivity contribution < 1.29 is 27.4 Å². The Kier molecular flexibility index (Phi) is 8.44. The largest absolute Gasteiger partial charge is 0.391 e. The zero-order valence-electron chi connectivity index (χ0n) is 23.4. The number of ether oxygens (including phenoxy) is 1. The van der Waals surface area contributed by atoms with Crippen molar-refractivity contribution in [3.05, 3.63) is 52.8 Å². The molecule has 0 spiro atoms. The number of carbonyl (C=O) groups is 1. The number of aliphatic hydroxyl groups excluding tert-OH is 1. The van der Waals surface area contributed by atoms with Crippen LogP contribution in [0.15, 0.2) is 47.1 Å². The van der Waals surface area contributed by atoms with Crippen LogP contribution >= 0.6 is 0 Å². The number of carbonyl (C=O) groups excluding carboxylic acids is 1. The van der Waals surface area contributed by atoms with Crippen molar-refractivity contribution in [2.45, 2.75) is 57.7 Å². The average molecular weight is 586 g/mol. The van der Waals surface area contributed by atoms with Gasteiger partial charge in [0.05, 0.1) is 47.7 Å². The molecule has 2 heterocycles. The summed E-state index contributed by atoms with van der Waals surface area (Å²) >= 11 is 0. The van der Waals surface area contributed by atoms with Crippen LogP contribution in [-0.2, 0) is 14.6 Å². The molecule has 3 N–H and O–H groups in total. The van der Waals surface area contributed by atoms with Crippen molar-refractivity contribution in [3.8, 4) is 11.3 Å². The van der Waals surface area contributed by atoms with E-state index in [9.17, 15) is 22.7 Å². The van der Waals surface area contributed by atoms with E-state index in [1.807, 2.05) is 11.8 Å². The summed E-state index contributed by atoms with van der Waals surface area (Å²) in [6, 6.07) is 8.07. The van der Waals surface area contributed by atoms with Crippen LogP contribution in [0.4, 0.5) is 20.8 Å². The van der Waals surface area contributed by atoms with E-state index in [0.29, 0.717) is 54.8 Å². The van der Waals surface area contributed by atoms with Gasteiger partial charge in [-0.1, -0.05) is 19.1 Å². The highest BCUT2D eigenvalue weighted by Gasteiger charge is 2.31. The molecule has 2 amide bonds. The topological polar surface area (TPSA) is 134 Å². The second-order valence-electron chi connectivity index (χ2n) is 11.1. The number of benzene rings is 1. The van der Waals surface area contributed by atoms with Gasteiger partial charge in [0.2, 0.25) is 5.95 Å². The van der Waals surface area contributed by atoms with Crippen molar-refractivity contribution in [2.24, 2.45) is 5.92 Å². The van der Waals surface area contributed by atoms with Crippen LogP contribution in [0.1, 0.15) is 45.2 Å². The Balaban J connectivity index is 1.51. The first-order valence-electron chi connectivity index (χ1n) is 13.9. The molecule has 220 valence electrons. The Bertz CT molecular complexity index is 1480. The van der Waals surface area contributed by atoms with Gasteiger partial charge in [-0.05, 0) is 56.4 Å². The maximum atomic E-state index is 14.7. The number of nitrogens with zero attached hydrogens (tertiary/aromatic N) is 3. The van der Waals surface area contributed by atoms with E-state index in [0.717, 1.165) is 19.1 Å². The summed E-state index contributed by atoms with van der Waals surface area (Å²) in [4.78, 5) is 24.2. The van der Waals surface area contributed by atoms with Crippen molar-refractivity contribution >= 4 is 33.1 Å². The first kappa shape index (κ1) is 29.2. The average Bonchev–Trinajstić information content (AvgIpc) is 3.31. The van der Waals surface area contributed by atoms with Gasteiger partial charge < -0.3 is 25.4 Å². The number of allylic oxidation sites excluding steroid dienone is 4. The van der Waals surface area contributed by atoms with Crippen LogP contribution in [0.2, 0.25) is 0 Å². The van der Waals surface area contributed by atoms with Crippen LogP contribution in [0.5, 0.6) is 0 Å². The predicted octanol–water partition coefficient (Wildman–Crippen LogP) is 4.05. The Morgan fingerprint density at radius 1 is 1.15 bits per heavy atom. The minimum atomic E-state index is -3.64. The normalized spacial score (nSPS) is 25.2. The number of rotatable bonds is 6. The van der Waals surface area contributed by atoms with Gasteiger partial charge in [0.1, 0.15) is 5.83 Å². The van der Waals surface area contributed by atoms with Gasteiger partial charge in [0.15, 0.2) is 9.84 Å². The third kappa shape index (κ3) is 6.60. The summed E-state index contributed by atoms with van der Waals surface area (Å²) < 4.78 is 45.9. The molecular formula is C29H36FN5O5S. The molecule has 2 fully saturated rings. The second kappa shape index (κ2) is 11.9. The number of sulfone groups is 1. The number of anilines is 2.